The highest BCUT2D eigenvalue weighted by molar-refractivity contribution is 6.00. The minimum atomic E-state index is -0.305. The van der Waals surface area contributed by atoms with E-state index < -0.39 is 0 Å². The number of aromatic nitrogens is 1. The summed E-state index contributed by atoms with van der Waals surface area (Å²) < 4.78 is 0. The molecule has 1 aliphatic heterocycles. The van der Waals surface area contributed by atoms with Crippen molar-refractivity contribution in [2.75, 3.05) is 25.5 Å². The largest absolute Gasteiger partial charge is 0.357 e. The zero-order valence-corrected chi connectivity index (χ0v) is 18.6. The highest BCUT2D eigenvalue weighted by Crippen LogP contribution is 2.30. The Hall–Kier alpha value is -3.55. The van der Waals surface area contributed by atoms with Crippen molar-refractivity contribution in [2.45, 2.75) is 38.6 Å². The van der Waals surface area contributed by atoms with E-state index in [2.05, 4.69) is 28.6 Å². The molecule has 1 aliphatic carbocycles. The molecular weight excluding hydrogens is 406 g/mol. The van der Waals surface area contributed by atoms with Crippen molar-refractivity contribution in [1.29, 1.82) is 0 Å². The van der Waals surface area contributed by atoms with Gasteiger partial charge in [-0.25, -0.2) is 4.98 Å². The lowest BCUT2D eigenvalue weighted by molar-refractivity contribution is -0.129. The number of carbonyl (C=O) groups excluding carboxylic acids is 3. The Morgan fingerprint density at radius 2 is 2.12 bits per heavy atom. The lowest BCUT2D eigenvalue weighted by atomic mass is 10.0. The molecule has 3 rings (SSSR count). The van der Waals surface area contributed by atoms with Crippen molar-refractivity contribution in [2.24, 2.45) is 4.99 Å². The van der Waals surface area contributed by atoms with Crippen LogP contribution in [0.25, 0.3) is 5.57 Å². The number of hydrogen-bond donors (Lipinski definition) is 1. The van der Waals surface area contributed by atoms with E-state index in [4.69, 9.17) is 0 Å². The first-order chi connectivity index (χ1) is 15.4. The standard InChI is InChI=1S/C24H29N5O3/c1-5-20(16(2)25-3)17-8-11-21(26-13-17)27-22(31)14-29-12-6-7-18(15-30)23(29)24(32)28(4)19-9-10-19/h5,8,11,13,15,19H,1,3,6-7,9-10,12,14H2,2,4H3,(H,26,27,31)/b20-16+. The molecule has 0 saturated heterocycles. The summed E-state index contributed by atoms with van der Waals surface area (Å²) in [6, 6.07) is 3.74. The van der Waals surface area contributed by atoms with Crippen molar-refractivity contribution in [3.05, 3.63) is 53.5 Å². The molecule has 8 heteroatoms. The van der Waals surface area contributed by atoms with Gasteiger partial charge in [-0.05, 0) is 51.5 Å². The van der Waals surface area contributed by atoms with Gasteiger partial charge in [-0.3, -0.25) is 19.4 Å². The molecule has 1 aromatic rings. The Balaban J connectivity index is 1.71. The molecule has 1 N–H and O–H groups in total. The number of carbonyl (C=O) groups is 3. The zero-order chi connectivity index (χ0) is 23.3. The number of hydrogen-bond acceptors (Lipinski definition) is 6. The predicted molar refractivity (Wildman–Crippen MR) is 125 cm³/mol. The molecule has 0 unspecified atom stereocenters. The smallest absolute Gasteiger partial charge is 0.270 e. The zero-order valence-electron chi connectivity index (χ0n) is 18.6. The van der Waals surface area contributed by atoms with Crippen LogP contribution in [0.15, 0.2) is 52.9 Å². The Morgan fingerprint density at radius 1 is 1.38 bits per heavy atom. The van der Waals surface area contributed by atoms with E-state index in [0.717, 1.165) is 36.0 Å². The Labute approximate surface area is 188 Å². The third-order valence-corrected chi connectivity index (χ3v) is 5.76. The molecule has 2 amide bonds. The molecule has 168 valence electrons. The molecule has 2 heterocycles. The SMILES string of the molecule is C=C/C(=C(/C)N=C)c1ccc(NC(=O)CN2CCCC(C=O)=C2C(=O)N(C)C2CC2)nc1. The summed E-state index contributed by atoms with van der Waals surface area (Å²) in [6.45, 7) is 9.67. The Kier molecular flexibility index (Phi) is 7.35. The van der Waals surface area contributed by atoms with Gasteiger partial charge in [-0.1, -0.05) is 12.7 Å². The van der Waals surface area contributed by atoms with Crippen LogP contribution in [0.3, 0.4) is 0 Å². The number of nitrogens with zero attached hydrogens (tertiary/aromatic N) is 4. The molecule has 0 atom stereocenters. The van der Waals surface area contributed by atoms with Crippen LogP contribution < -0.4 is 5.32 Å². The molecule has 1 saturated carbocycles. The van der Waals surface area contributed by atoms with E-state index in [-0.39, 0.29) is 24.4 Å². The Morgan fingerprint density at radius 3 is 2.69 bits per heavy atom. The van der Waals surface area contributed by atoms with Gasteiger partial charge in [-0.2, -0.15) is 0 Å². The van der Waals surface area contributed by atoms with E-state index in [0.29, 0.717) is 36.5 Å². The molecule has 8 nitrogen and oxygen atoms in total. The molecule has 1 fully saturated rings. The monoisotopic (exact) mass is 435 g/mol. The minimum Gasteiger partial charge on any atom is -0.357 e. The molecular formula is C24H29N5O3. The second-order valence-electron chi connectivity index (χ2n) is 8.01. The van der Waals surface area contributed by atoms with Gasteiger partial charge in [0.2, 0.25) is 5.91 Å². The van der Waals surface area contributed by atoms with Crippen molar-refractivity contribution in [1.82, 2.24) is 14.8 Å². The number of aldehydes is 1. The maximum Gasteiger partial charge on any atom is 0.270 e. The second-order valence-corrected chi connectivity index (χ2v) is 8.01. The van der Waals surface area contributed by atoms with E-state index in [1.165, 1.54) is 0 Å². The lowest BCUT2D eigenvalue weighted by Gasteiger charge is -2.33. The molecule has 2 aliphatic rings. The van der Waals surface area contributed by atoms with Gasteiger partial charge in [0.1, 0.15) is 17.8 Å². The molecule has 0 bridgehead atoms. The summed E-state index contributed by atoms with van der Waals surface area (Å²) >= 11 is 0. The van der Waals surface area contributed by atoms with Gasteiger partial charge in [0, 0.05) is 48.2 Å². The van der Waals surface area contributed by atoms with Crippen LogP contribution in [0.1, 0.15) is 38.2 Å². The third kappa shape index (κ3) is 5.19. The third-order valence-electron chi connectivity index (χ3n) is 5.76. The number of likely N-dealkylation sites (N-methyl/N-ethyl adjacent to an activating group) is 1. The summed E-state index contributed by atoms with van der Waals surface area (Å²) in [7, 11) is 1.75. The molecule has 0 spiro atoms. The maximum atomic E-state index is 13.0. The first-order valence-corrected chi connectivity index (χ1v) is 10.7. The van der Waals surface area contributed by atoms with Gasteiger partial charge < -0.3 is 15.1 Å². The quantitative estimate of drug-likeness (QED) is 0.366. The Bertz CT molecular complexity index is 989. The maximum absolute atomic E-state index is 13.0. The van der Waals surface area contributed by atoms with Crippen LogP contribution in [0.2, 0.25) is 0 Å². The number of rotatable bonds is 9. The topological polar surface area (TPSA) is 95.0 Å². The van der Waals surface area contributed by atoms with E-state index in [1.807, 2.05) is 13.0 Å². The summed E-state index contributed by atoms with van der Waals surface area (Å²) in [6.07, 6.45) is 7.26. The normalized spacial score (nSPS) is 16.8. The number of allylic oxidation sites excluding steroid dienone is 4. The molecule has 32 heavy (non-hydrogen) atoms. The number of nitrogens with one attached hydrogen (secondary N) is 1. The van der Waals surface area contributed by atoms with Gasteiger partial charge in [-0.15, -0.1) is 0 Å². The van der Waals surface area contributed by atoms with Crippen molar-refractivity contribution >= 4 is 36.2 Å². The summed E-state index contributed by atoms with van der Waals surface area (Å²) in [5.74, 6) is -0.106. The average molecular weight is 436 g/mol. The van der Waals surface area contributed by atoms with Crippen LogP contribution in [0, 0.1) is 0 Å². The summed E-state index contributed by atoms with van der Waals surface area (Å²) in [5, 5.41) is 2.77. The average Bonchev–Trinajstić information content (AvgIpc) is 3.64. The molecule has 0 aromatic carbocycles. The van der Waals surface area contributed by atoms with E-state index in [9.17, 15) is 14.4 Å². The predicted octanol–water partition coefficient (Wildman–Crippen LogP) is 2.81. The van der Waals surface area contributed by atoms with Gasteiger partial charge >= 0.3 is 0 Å². The second kappa shape index (κ2) is 10.2. The highest BCUT2D eigenvalue weighted by atomic mass is 16.2. The first-order valence-electron chi connectivity index (χ1n) is 10.7. The van der Waals surface area contributed by atoms with Gasteiger partial charge in [0.05, 0.1) is 6.54 Å². The van der Waals surface area contributed by atoms with E-state index >= 15 is 0 Å². The van der Waals surface area contributed by atoms with Crippen molar-refractivity contribution in [3.8, 4) is 0 Å². The summed E-state index contributed by atoms with van der Waals surface area (Å²) in [4.78, 5) is 48.9. The van der Waals surface area contributed by atoms with Crippen LogP contribution in [0.5, 0.6) is 0 Å². The number of anilines is 1. The first kappa shape index (κ1) is 23.1. The number of pyridine rings is 1. The van der Waals surface area contributed by atoms with Crippen molar-refractivity contribution < 1.29 is 14.4 Å². The van der Waals surface area contributed by atoms with Gasteiger partial charge in [0.25, 0.3) is 5.91 Å². The fraction of sp³-hybridized carbons (Fsp3) is 0.375. The van der Waals surface area contributed by atoms with E-state index in [1.54, 1.807) is 35.2 Å². The fourth-order valence-corrected chi connectivity index (χ4v) is 3.78. The van der Waals surface area contributed by atoms with Crippen LogP contribution in [-0.4, -0.2) is 65.8 Å². The number of aliphatic imine (C=N–C) groups is 1. The van der Waals surface area contributed by atoms with Crippen molar-refractivity contribution in [3.63, 3.8) is 0 Å². The minimum absolute atomic E-state index is 0.0301. The number of amides is 2. The van der Waals surface area contributed by atoms with Gasteiger partial charge in [0.15, 0.2) is 0 Å². The highest BCUT2D eigenvalue weighted by Gasteiger charge is 2.35. The summed E-state index contributed by atoms with van der Waals surface area (Å²) in [5.41, 5.74) is 3.16. The van der Waals surface area contributed by atoms with Crippen LogP contribution in [-0.2, 0) is 14.4 Å². The lowest BCUT2D eigenvalue weighted by Crippen LogP contribution is -2.43. The van der Waals surface area contributed by atoms with Crippen LogP contribution in [0.4, 0.5) is 5.82 Å². The molecule has 0 radical (unpaired) electrons. The fourth-order valence-electron chi connectivity index (χ4n) is 3.78. The molecule has 1 aromatic heterocycles. The van der Waals surface area contributed by atoms with Crippen LogP contribution >= 0.6 is 0 Å².